The van der Waals surface area contributed by atoms with Crippen LogP contribution >= 0.6 is 0 Å². The zero-order valence-corrected chi connectivity index (χ0v) is 14.4. The highest BCUT2D eigenvalue weighted by atomic mass is 19.1. The molecule has 0 bridgehead atoms. The lowest BCUT2D eigenvalue weighted by molar-refractivity contribution is 0.102. The number of nitrogens with one attached hydrogen (secondary N) is 1. The van der Waals surface area contributed by atoms with E-state index in [1.807, 2.05) is 34.9 Å². The number of nitrogens with zero attached hydrogens (tertiary/aromatic N) is 3. The number of hydrogen-bond acceptors (Lipinski definition) is 4. The van der Waals surface area contributed by atoms with Gasteiger partial charge in [0, 0.05) is 29.7 Å². The van der Waals surface area contributed by atoms with Crippen molar-refractivity contribution in [2.24, 2.45) is 0 Å². The van der Waals surface area contributed by atoms with E-state index in [1.54, 1.807) is 25.4 Å². The molecule has 0 radical (unpaired) electrons. The normalized spacial score (nSPS) is 10.7. The summed E-state index contributed by atoms with van der Waals surface area (Å²) >= 11 is 0. The molecule has 4 rings (SSSR count). The van der Waals surface area contributed by atoms with Crippen LogP contribution in [0, 0.1) is 5.82 Å². The number of ether oxygens (including phenoxy) is 1. The molecule has 0 fully saturated rings. The third-order valence-corrected chi connectivity index (χ3v) is 4.18. The van der Waals surface area contributed by atoms with Crippen molar-refractivity contribution in [3.8, 4) is 17.0 Å². The van der Waals surface area contributed by atoms with Crippen LogP contribution in [-0.2, 0) is 0 Å². The Balaban J connectivity index is 1.58. The number of hydrogen-bond donors (Lipinski definition) is 1. The van der Waals surface area contributed by atoms with Crippen molar-refractivity contribution in [1.82, 2.24) is 14.4 Å². The summed E-state index contributed by atoms with van der Waals surface area (Å²) in [6, 6.07) is 12.3. The quantitative estimate of drug-likeness (QED) is 0.600. The molecule has 1 aromatic carbocycles. The lowest BCUT2D eigenvalue weighted by Gasteiger charge is -2.08. The van der Waals surface area contributed by atoms with Gasteiger partial charge >= 0.3 is 0 Å². The van der Waals surface area contributed by atoms with E-state index in [1.165, 1.54) is 12.3 Å². The average Bonchev–Trinajstić information content (AvgIpc) is 3.12. The van der Waals surface area contributed by atoms with Crippen molar-refractivity contribution >= 4 is 17.2 Å². The zero-order chi connectivity index (χ0) is 18.8. The third-order valence-electron chi connectivity index (χ3n) is 4.18. The van der Waals surface area contributed by atoms with Gasteiger partial charge in [-0.25, -0.2) is 9.37 Å². The standard InChI is InChI=1S/C20H15FN4O2/c1-27-15-7-9-25-18(12-23-19(25)10-15)13-2-4-14(5-3-13)24-20(26)16-6-8-22-11-17(16)21/h2-12H,1H3,(H,24,26). The van der Waals surface area contributed by atoms with Crippen LogP contribution in [0.4, 0.5) is 10.1 Å². The third kappa shape index (κ3) is 3.22. The lowest BCUT2D eigenvalue weighted by atomic mass is 10.1. The molecular formula is C20H15FN4O2. The Morgan fingerprint density at radius 2 is 1.96 bits per heavy atom. The highest BCUT2D eigenvalue weighted by Gasteiger charge is 2.12. The van der Waals surface area contributed by atoms with Crippen LogP contribution in [0.2, 0.25) is 0 Å². The van der Waals surface area contributed by atoms with Crippen molar-refractivity contribution in [2.45, 2.75) is 0 Å². The molecular weight excluding hydrogens is 347 g/mol. The van der Waals surface area contributed by atoms with Gasteiger partial charge in [-0.3, -0.25) is 14.2 Å². The van der Waals surface area contributed by atoms with Gasteiger partial charge < -0.3 is 10.1 Å². The summed E-state index contributed by atoms with van der Waals surface area (Å²) in [6.07, 6.45) is 6.05. The fraction of sp³-hybridized carbons (Fsp3) is 0.0500. The van der Waals surface area contributed by atoms with Gasteiger partial charge in [-0.05, 0) is 24.3 Å². The highest BCUT2D eigenvalue weighted by Crippen LogP contribution is 2.24. The molecule has 1 N–H and O–H groups in total. The summed E-state index contributed by atoms with van der Waals surface area (Å²) in [5.41, 5.74) is 3.13. The molecule has 7 heteroatoms. The minimum Gasteiger partial charge on any atom is -0.497 e. The molecule has 0 unspecified atom stereocenters. The molecule has 0 aliphatic heterocycles. The summed E-state index contributed by atoms with van der Waals surface area (Å²) in [5, 5.41) is 2.68. The van der Waals surface area contributed by atoms with E-state index in [4.69, 9.17) is 4.74 Å². The maximum atomic E-state index is 13.7. The summed E-state index contributed by atoms with van der Waals surface area (Å²) in [6.45, 7) is 0. The van der Waals surface area contributed by atoms with Crippen LogP contribution in [-0.4, -0.2) is 27.4 Å². The second-order valence-corrected chi connectivity index (χ2v) is 5.83. The second kappa shape index (κ2) is 6.87. The van der Waals surface area contributed by atoms with Gasteiger partial charge in [-0.2, -0.15) is 0 Å². The van der Waals surface area contributed by atoms with Crippen LogP contribution in [0.25, 0.3) is 16.9 Å². The first kappa shape index (κ1) is 16.7. The Hall–Kier alpha value is -3.74. The molecule has 1 amide bonds. The van der Waals surface area contributed by atoms with Gasteiger partial charge in [0.2, 0.25) is 0 Å². The summed E-state index contributed by atoms with van der Waals surface area (Å²) < 4.78 is 20.8. The van der Waals surface area contributed by atoms with Crippen LogP contribution in [0.5, 0.6) is 5.75 Å². The fourth-order valence-electron chi connectivity index (χ4n) is 2.78. The lowest BCUT2D eigenvalue weighted by Crippen LogP contribution is -2.13. The SMILES string of the molecule is COc1ccn2c(-c3ccc(NC(=O)c4ccncc4F)cc3)cnc2c1. The number of aromatic nitrogens is 3. The van der Waals surface area contributed by atoms with E-state index in [2.05, 4.69) is 15.3 Å². The predicted octanol–water partition coefficient (Wildman–Crippen LogP) is 3.80. The Morgan fingerprint density at radius 1 is 1.15 bits per heavy atom. The van der Waals surface area contributed by atoms with E-state index in [9.17, 15) is 9.18 Å². The maximum absolute atomic E-state index is 13.7. The summed E-state index contributed by atoms with van der Waals surface area (Å²) in [7, 11) is 1.61. The molecule has 0 aliphatic carbocycles. The van der Waals surface area contributed by atoms with Gasteiger partial charge in [0.05, 0.1) is 30.8 Å². The van der Waals surface area contributed by atoms with Crippen LogP contribution < -0.4 is 10.1 Å². The topological polar surface area (TPSA) is 68.5 Å². The number of pyridine rings is 2. The number of anilines is 1. The van der Waals surface area contributed by atoms with E-state index in [-0.39, 0.29) is 5.56 Å². The largest absolute Gasteiger partial charge is 0.497 e. The molecule has 4 aromatic rings. The number of carbonyl (C=O) groups is 1. The Bertz CT molecular complexity index is 1120. The minimum absolute atomic E-state index is 0.0511. The first-order chi connectivity index (χ1) is 13.2. The van der Waals surface area contributed by atoms with Gasteiger partial charge in [-0.1, -0.05) is 12.1 Å². The number of halogens is 1. The zero-order valence-electron chi connectivity index (χ0n) is 14.4. The number of benzene rings is 1. The van der Waals surface area contributed by atoms with Crippen LogP contribution in [0.15, 0.2) is 67.3 Å². The van der Waals surface area contributed by atoms with Crippen molar-refractivity contribution in [3.05, 3.63) is 78.6 Å². The maximum Gasteiger partial charge on any atom is 0.258 e. The van der Waals surface area contributed by atoms with E-state index in [0.29, 0.717) is 5.69 Å². The van der Waals surface area contributed by atoms with Gasteiger partial charge in [0.1, 0.15) is 11.4 Å². The van der Waals surface area contributed by atoms with E-state index >= 15 is 0 Å². The minimum atomic E-state index is -0.659. The number of fused-ring (bicyclic) bond motifs is 1. The molecule has 134 valence electrons. The number of imidazole rings is 1. The smallest absolute Gasteiger partial charge is 0.258 e. The molecule has 0 saturated heterocycles. The molecule has 27 heavy (non-hydrogen) atoms. The summed E-state index contributed by atoms with van der Waals surface area (Å²) in [4.78, 5) is 20.2. The van der Waals surface area contributed by atoms with Crippen molar-refractivity contribution in [2.75, 3.05) is 12.4 Å². The van der Waals surface area contributed by atoms with Crippen LogP contribution in [0.3, 0.4) is 0 Å². The Morgan fingerprint density at radius 3 is 2.70 bits per heavy atom. The first-order valence-electron chi connectivity index (χ1n) is 8.18. The first-order valence-corrected chi connectivity index (χ1v) is 8.18. The number of methoxy groups -OCH3 is 1. The van der Waals surface area contributed by atoms with Gasteiger partial charge in [0.25, 0.3) is 5.91 Å². The van der Waals surface area contributed by atoms with E-state index < -0.39 is 11.7 Å². The predicted molar refractivity (Wildman–Crippen MR) is 99.3 cm³/mol. The Labute approximate surface area is 154 Å². The van der Waals surface area contributed by atoms with Gasteiger partial charge in [0.15, 0.2) is 5.82 Å². The number of amides is 1. The monoisotopic (exact) mass is 362 g/mol. The molecule has 0 aliphatic rings. The fourth-order valence-corrected chi connectivity index (χ4v) is 2.78. The number of carbonyl (C=O) groups excluding carboxylic acids is 1. The van der Waals surface area contributed by atoms with Crippen molar-refractivity contribution in [3.63, 3.8) is 0 Å². The second-order valence-electron chi connectivity index (χ2n) is 5.83. The van der Waals surface area contributed by atoms with Crippen molar-refractivity contribution in [1.29, 1.82) is 0 Å². The van der Waals surface area contributed by atoms with E-state index in [0.717, 1.165) is 28.9 Å². The average molecular weight is 362 g/mol. The van der Waals surface area contributed by atoms with Gasteiger partial charge in [-0.15, -0.1) is 0 Å². The molecule has 6 nitrogen and oxygen atoms in total. The van der Waals surface area contributed by atoms with Crippen molar-refractivity contribution < 1.29 is 13.9 Å². The molecule has 0 spiro atoms. The Kier molecular flexibility index (Phi) is 4.25. The van der Waals surface area contributed by atoms with Crippen LogP contribution in [0.1, 0.15) is 10.4 Å². The summed E-state index contributed by atoms with van der Waals surface area (Å²) in [5.74, 6) is -0.446. The molecule has 3 heterocycles. The number of rotatable bonds is 4. The molecule has 3 aromatic heterocycles. The molecule has 0 atom stereocenters. The highest BCUT2D eigenvalue weighted by molar-refractivity contribution is 6.04. The molecule has 0 saturated carbocycles.